The van der Waals surface area contributed by atoms with Crippen LogP contribution in [0.3, 0.4) is 0 Å². The Morgan fingerprint density at radius 3 is 2.71 bits per heavy atom. The molecule has 1 aromatic rings. The molecule has 0 saturated carbocycles. The van der Waals surface area contributed by atoms with Crippen molar-refractivity contribution in [3.63, 3.8) is 0 Å². The van der Waals surface area contributed by atoms with E-state index in [1.165, 1.54) is 44.7 Å². The number of hydrogen-bond acceptors (Lipinski definition) is 2. The van der Waals surface area contributed by atoms with Crippen LogP contribution in [0, 0.1) is 0 Å². The van der Waals surface area contributed by atoms with Gasteiger partial charge in [0.05, 0.1) is 0 Å². The first-order valence-electron chi connectivity index (χ1n) is 6.54. The Morgan fingerprint density at radius 2 is 1.94 bits per heavy atom. The normalized spacial score (nSPS) is 11.1. The van der Waals surface area contributed by atoms with Crippen LogP contribution in [0.1, 0.15) is 51.1 Å². The lowest BCUT2D eigenvalue weighted by Gasteiger charge is -2.00. The molecule has 0 amide bonds. The molecule has 1 rings (SSSR count). The molecule has 0 aliphatic rings. The summed E-state index contributed by atoms with van der Waals surface area (Å²) in [5, 5.41) is 11.7. The number of oxime groups is 1. The maximum absolute atomic E-state index is 8.57. The minimum atomic E-state index is 0.948. The van der Waals surface area contributed by atoms with E-state index in [2.05, 4.69) is 16.6 Å². The largest absolute Gasteiger partial charge is 0.411 e. The van der Waals surface area contributed by atoms with Gasteiger partial charge in [-0.3, -0.25) is 0 Å². The first-order chi connectivity index (χ1) is 8.38. The Hall–Kier alpha value is -1.38. The predicted molar refractivity (Wildman–Crippen MR) is 69.4 cm³/mol. The van der Waals surface area contributed by atoms with Crippen molar-refractivity contribution in [2.24, 2.45) is 5.16 Å². The molecule has 3 heteroatoms. The van der Waals surface area contributed by atoms with Crippen LogP contribution in [-0.4, -0.2) is 11.4 Å². The Morgan fingerprint density at radius 1 is 1.18 bits per heavy atom. The fourth-order valence-electron chi connectivity index (χ4n) is 1.93. The van der Waals surface area contributed by atoms with Crippen LogP contribution < -0.4 is 4.57 Å². The molecule has 1 aromatic heterocycles. The summed E-state index contributed by atoms with van der Waals surface area (Å²) in [5.74, 6) is 0. The van der Waals surface area contributed by atoms with Gasteiger partial charge < -0.3 is 5.21 Å². The molecule has 0 saturated heterocycles. The fraction of sp³-hybridized carbons (Fsp3) is 0.571. The van der Waals surface area contributed by atoms with Crippen molar-refractivity contribution in [3.8, 4) is 0 Å². The van der Waals surface area contributed by atoms with Gasteiger partial charge in [0.25, 0.3) is 0 Å². The highest BCUT2D eigenvalue weighted by molar-refractivity contribution is 5.74. The smallest absolute Gasteiger partial charge is 0.227 e. The predicted octanol–water partition coefficient (Wildman–Crippen LogP) is 3.14. The van der Waals surface area contributed by atoms with Crippen LogP contribution in [0.15, 0.2) is 29.6 Å². The van der Waals surface area contributed by atoms with Gasteiger partial charge in [0.2, 0.25) is 5.69 Å². The highest BCUT2D eigenvalue weighted by Gasteiger charge is 2.06. The summed E-state index contributed by atoms with van der Waals surface area (Å²) in [6, 6.07) is 5.91. The van der Waals surface area contributed by atoms with Crippen LogP contribution in [0.2, 0.25) is 0 Å². The van der Waals surface area contributed by atoms with Crippen molar-refractivity contribution in [1.82, 2.24) is 0 Å². The third kappa shape index (κ3) is 5.48. The van der Waals surface area contributed by atoms with Gasteiger partial charge in [-0.05, 0) is 12.5 Å². The first-order valence-corrected chi connectivity index (χ1v) is 6.54. The monoisotopic (exact) mass is 235 g/mol. The number of rotatable bonds is 8. The summed E-state index contributed by atoms with van der Waals surface area (Å²) < 4.78 is 2.12. The number of nitrogens with zero attached hydrogens (tertiary/aromatic N) is 2. The van der Waals surface area contributed by atoms with Gasteiger partial charge in [-0.15, -0.1) is 0 Å². The van der Waals surface area contributed by atoms with Crippen molar-refractivity contribution >= 4 is 6.21 Å². The number of hydrogen-bond donors (Lipinski definition) is 1. The molecule has 1 N–H and O–H groups in total. The minimum absolute atomic E-state index is 0.948. The molecule has 1 heterocycles. The zero-order valence-electron chi connectivity index (χ0n) is 10.7. The number of unbranched alkanes of at least 4 members (excludes halogenated alkanes) is 5. The molecular formula is C14H23N2O+. The summed E-state index contributed by atoms with van der Waals surface area (Å²) in [6.45, 7) is 3.23. The highest BCUT2D eigenvalue weighted by Crippen LogP contribution is 2.04. The van der Waals surface area contributed by atoms with E-state index in [4.69, 9.17) is 5.21 Å². The first kappa shape index (κ1) is 13.7. The second kappa shape index (κ2) is 8.74. The van der Waals surface area contributed by atoms with E-state index in [9.17, 15) is 0 Å². The van der Waals surface area contributed by atoms with Gasteiger partial charge in [-0.1, -0.05) is 37.8 Å². The van der Waals surface area contributed by atoms with E-state index in [0.29, 0.717) is 0 Å². The molecule has 0 bridgehead atoms. The second-order valence-electron chi connectivity index (χ2n) is 4.33. The van der Waals surface area contributed by atoms with E-state index in [1.807, 2.05) is 24.4 Å². The molecule has 0 atom stereocenters. The van der Waals surface area contributed by atoms with Gasteiger partial charge in [0.1, 0.15) is 12.8 Å². The lowest BCUT2D eigenvalue weighted by molar-refractivity contribution is -0.698. The topological polar surface area (TPSA) is 36.5 Å². The third-order valence-electron chi connectivity index (χ3n) is 2.92. The van der Waals surface area contributed by atoms with Gasteiger partial charge >= 0.3 is 0 Å². The SMILES string of the molecule is CCCCCCCC[n+]1ccccc1C=NO. The zero-order valence-corrected chi connectivity index (χ0v) is 10.7. The molecular weight excluding hydrogens is 212 g/mol. The summed E-state index contributed by atoms with van der Waals surface area (Å²) in [7, 11) is 0. The molecule has 17 heavy (non-hydrogen) atoms. The summed E-state index contributed by atoms with van der Waals surface area (Å²) >= 11 is 0. The minimum Gasteiger partial charge on any atom is -0.411 e. The highest BCUT2D eigenvalue weighted by atomic mass is 16.4. The number of aromatic nitrogens is 1. The fourth-order valence-corrected chi connectivity index (χ4v) is 1.93. The Bertz CT molecular complexity index is 337. The maximum atomic E-state index is 8.57. The van der Waals surface area contributed by atoms with Crippen LogP contribution in [-0.2, 0) is 6.54 Å². The lowest BCUT2D eigenvalue weighted by Crippen LogP contribution is -2.37. The Labute approximate surface area is 104 Å². The van der Waals surface area contributed by atoms with E-state index < -0.39 is 0 Å². The number of aryl methyl sites for hydroxylation is 1. The van der Waals surface area contributed by atoms with E-state index in [0.717, 1.165) is 12.2 Å². The number of pyridine rings is 1. The maximum Gasteiger partial charge on any atom is 0.227 e. The zero-order chi connectivity index (χ0) is 12.3. The molecule has 0 aliphatic heterocycles. The van der Waals surface area contributed by atoms with Crippen molar-refractivity contribution in [2.45, 2.75) is 52.0 Å². The van der Waals surface area contributed by atoms with E-state index in [-0.39, 0.29) is 0 Å². The van der Waals surface area contributed by atoms with Crippen molar-refractivity contribution in [1.29, 1.82) is 0 Å². The Kier molecular flexibility index (Phi) is 7.03. The van der Waals surface area contributed by atoms with E-state index in [1.54, 1.807) is 0 Å². The molecule has 3 nitrogen and oxygen atoms in total. The second-order valence-corrected chi connectivity index (χ2v) is 4.33. The van der Waals surface area contributed by atoms with Crippen molar-refractivity contribution < 1.29 is 9.77 Å². The van der Waals surface area contributed by atoms with Gasteiger partial charge in [0, 0.05) is 18.6 Å². The summed E-state index contributed by atoms with van der Waals surface area (Å²) in [5.41, 5.74) is 0.948. The lowest BCUT2D eigenvalue weighted by atomic mass is 10.1. The molecule has 0 fully saturated rings. The quantitative estimate of drug-likeness (QED) is 0.243. The van der Waals surface area contributed by atoms with Crippen LogP contribution in [0.4, 0.5) is 0 Å². The van der Waals surface area contributed by atoms with Crippen LogP contribution in [0.5, 0.6) is 0 Å². The van der Waals surface area contributed by atoms with Crippen LogP contribution >= 0.6 is 0 Å². The van der Waals surface area contributed by atoms with Crippen LogP contribution in [0.25, 0.3) is 0 Å². The third-order valence-corrected chi connectivity index (χ3v) is 2.92. The molecule has 0 aromatic carbocycles. The molecule has 0 radical (unpaired) electrons. The molecule has 0 unspecified atom stereocenters. The summed E-state index contributed by atoms with van der Waals surface area (Å²) in [4.78, 5) is 0. The van der Waals surface area contributed by atoms with Crippen molar-refractivity contribution in [2.75, 3.05) is 0 Å². The molecule has 0 aliphatic carbocycles. The van der Waals surface area contributed by atoms with Gasteiger partial charge in [-0.2, -0.15) is 4.57 Å². The molecule has 0 spiro atoms. The molecule has 94 valence electrons. The van der Waals surface area contributed by atoms with E-state index >= 15 is 0 Å². The van der Waals surface area contributed by atoms with Gasteiger partial charge in [-0.25, -0.2) is 0 Å². The Balaban J connectivity index is 2.31. The average molecular weight is 235 g/mol. The van der Waals surface area contributed by atoms with Gasteiger partial charge in [0.15, 0.2) is 6.20 Å². The summed E-state index contributed by atoms with van der Waals surface area (Å²) in [6.07, 6.45) is 11.3. The average Bonchev–Trinajstić information content (AvgIpc) is 2.36. The van der Waals surface area contributed by atoms with Crippen molar-refractivity contribution in [3.05, 3.63) is 30.1 Å². The standard InChI is InChI=1S/C14H22N2O/c1-2-3-4-5-6-8-11-16-12-9-7-10-14(16)13-15-17/h7,9-10,12-13H,2-6,8,11H2,1H3/p+1.